The van der Waals surface area contributed by atoms with Crippen LogP contribution in [0.15, 0.2) is 47.7 Å². The number of aromatic nitrogens is 5. The Morgan fingerprint density at radius 3 is 2.58 bits per heavy atom. The highest BCUT2D eigenvalue weighted by Crippen LogP contribution is 2.18. The van der Waals surface area contributed by atoms with Gasteiger partial charge in [0.1, 0.15) is 5.82 Å². The van der Waals surface area contributed by atoms with Gasteiger partial charge in [0.05, 0.1) is 19.6 Å². The summed E-state index contributed by atoms with van der Waals surface area (Å²) in [5.74, 6) is 2.63. The van der Waals surface area contributed by atoms with E-state index >= 15 is 0 Å². The fourth-order valence-electron chi connectivity index (χ4n) is 3.78. The number of rotatable bonds is 7. The van der Waals surface area contributed by atoms with Crippen molar-refractivity contribution < 1.29 is 0 Å². The van der Waals surface area contributed by atoms with Crippen molar-refractivity contribution in [2.45, 2.75) is 58.3 Å². The van der Waals surface area contributed by atoms with Crippen molar-refractivity contribution in [2.24, 2.45) is 12.0 Å². The Bertz CT molecular complexity index is 973. The average Bonchev–Trinajstić information content (AvgIpc) is 3.51. The first-order valence-corrected chi connectivity index (χ1v) is 10.6. The Kier molecular flexibility index (Phi) is 8.44. The highest BCUT2D eigenvalue weighted by atomic mass is 127. The van der Waals surface area contributed by atoms with E-state index in [0.717, 1.165) is 24.2 Å². The molecule has 0 atom stereocenters. The summed E-state index contributed by atoms with van der Waals surface area (Å²) in [6.45, 7) is 3.90. The Hall–Kier alpha value is -2.43. The number of hydrogen-bond acceptors (Lipinski definition) is 4. The monoisotopic (exact) mass is 534 g/mol. The van der Waals surface area contributed by atoms with Gasteiger partial charge >= 0.3 is 0 Å². The quantitative estimate of drug-likeness (QED) is 0.277. The molecule has 31 heavy (non-hydrogen) atoms. The van der Waals surface area contributed by atoms with Gasteiger partial charge in [0.15, 0.2) is 11.8 Å². The van der Waals surface area contributed by atoms with E-state index in [2.05, 4.69) is 50.2 Å². The smallest absolute Gasteiger partial charge is 0.192 e. The van der Waals surface area contributed by atoms with Gasteiger partial charge in [-0.15, -0.1) is 34.2 Å². The molecule has 1 aliphatic rings. The van der Waals surface area contributed by atoms with Gasteiger partial charge in [-0.05, 0) is 37.0 Å². The van der Waals surface area contributed by atoms with Crippen LogP contribution in [-0.2, 0) is 26.7 Å². The van der Waals surface area contributed by atoms with Crippen LogP contribution < -0.4 is 10.6 Å². The van der Waals surface area contributed by atoms with Gasteiger partial charge in [-0.2, -0.15) is 5.10 Å². The third-order valence-corrected chi connectivity index (χ3v) is 5.71. The third-order valence-electron chi connectivity index (χ3n) is 5.71. The summed E-state index contributed by atoms with van der Waals surface area (Å²) < 4.78 is 3.94. The number of nitrogens with one attached hydrogen (secondary N) is 2. The van der Waals surface area contributed by atoms with Gasteiger partial charge in [-0.3, -0.25) is 4.68 Å². The van der Waals surface area contributed by atoms with Crippen LogP contribution in [0.3, 0.4) is 0 Å². The number of guanidine groups is 1. The number of halogens is 1. The van der Waals surface area contributed by atoms with Crippen molar-refractivity contribution in [1.29, 1.82) is 0 Å². The van der Waals surface area contributed by atoms with E-state index < -0.39 is 0 Å². The zero-order valence-corrected chi connectivity index (χ0v) is 20.5. The first-order valence-electron chi connectivity index (χ1n) is 10.6. The van der Waals surface area contributed by atoms with Crippen LogP contribution in [-0.4, -0.2) is 36.5 Å². The van der Waals surface area contributed by atoms with E-state index in [0.29, 0.717) is 19.1 Å². The molecule has 0 bridgehead atoms. The van der Waals surface area contributed by atoms with Gasteiger partial charge in [-0.25, -0.2) is 4.99 Å². The average molecular weight is 534 g/mol. The van der Waals surface area contributed by atoms with Crippen molar-refractivity contribution in [1.82, 2.24) is 35.2 Å². The van der Waals surface area contributed by atoms with E-state index in [1.807, 2.05) is 41.7 Å². The summed E-state index contributed by atoms with van der Waals surface area (Å²) in [6.07, 6.45) is 8.74. The second kappa shape index (κ2) is 11.3. The molecular formula is C22H31IN8. The minimum Gasteiger partial charge on any atom is -0.354 e. The molecule has 4 rings (SSSR count). The fraction of sp³-hybridized carbons (Fsp3) is 0.455. The molecule has 2 aromatic heterocycles. The molecule has 3 aromatic rings. The molecule has 1 fully saturated rings. The fourth-order valence-corrected chi connectivity index (χ4v) is 3.78. The molecule has 1 saturated carbocycles. The molecule has 0 saturated heterocycles. The molecule has 2 heterocycles. The molecule has 0 radical (unpaired) electrons. The lowest BCUT2D eigenvalue weighted by Crippen LogP contribution is -2.42. The van der Waals surface area contributed by atoms with Gasteiger partial charge in [0.25, 0.3) is 0 Å². The van der Waals surface area contributed by atoms with Gasteiger partial charge in [-0.1, -0.05) is 37.1 Å². The summed E-state index contributed by atoms with van der Waals surface area (Å²) in [5.41, 5.74) is 2.43. The Balaban J connectivity index is 0.00000272. The van der Waals surface area contributed by atoms with Crippen LogP contribution in [0.5, 0.6) is 0 Å². The largest absolute Gasteiger partial charge is 0.354 e. The molecule has 0 aliphatic heterocycles. The lowest BCUT2D eigenvalue weighted by Gasteiger charge is -2.17. The number of nitrogens with zero attached hydrogens (tertiary/aromatic N) is 6. The second-order valence-corrected chi connectivity index (χ2v) is 7.84. The Labute approximate surface area is 200 Å². The predicted molar refractivity (Wildman–Crippen MR) is 132 cm³/mol. The maximum absolute atomic E-state index is 4.91. The summed E-state index contributed by atoms with van der Waals surface area (Å²) >= 11 is 0. The van der Waals surface area contributed by atoms with E-state index in [4.69, 9.17) is 4.99 Å². The highest BCUT2D eigenvalue weighted by Gasteiger charge is 2.17. The van der Waals surface area contributed by atoms with Crippen LogP contribution in [0, 0.1) is 6.92 Å². The van der Waals surface area contributed by atoms with Crippen LogP contribution in [0.2, 0.25) is 0 Å². The van der Waals surface area contributed by atoms with E-state index in [-0.39, 0.29) is 24.0 Å². The molecule has 8 nitrogen and oxygen atoms in total. The predicted octanol–water partition coefficient (Wildman–Crippen LogP) is 3.16. The highest BCUT2D eigenvalue weighted by molar-refractivity contribution is 14.0. The maximum Gasteiger partial charge on any atom is 0.192 e. The van der Waals surface area contributed by atoms with E-state index in [9.17, 15) is 0 Å². The van der Waals surface area contributed by atoms with Crippen molar-refractivity contribution in [2.75, 3.05) is 0 Å². The lowest BCUT2D eigenvalue weighted by atomic mass is 10.1. The first kappa shape index (κ1) is 23.2. The van der Waals surface area contributed by atoms with E-state index in [1.54, 1.807) is 0 Å². The first-order chi connectivity index (χ1) is 14.7. The van der Waals surface area contributed by atoms with Gasteiger partial charge in [0, 0.05) is 25.5 Å². The van der Waals surface area contributed by atoms with Crippen LogP contribution >= 0.6 is 24.0 Å². The maximum atomic E-state index is 4.91. The number of aliphatic imine (C=N–C) groups is 1. The summed E-state index contributed by atoms with van der Waals surface area (Å²) in [6, 6.07) is 10.9. The van der Waals surface area contributed by atoms with E-state index in [1.165, 1.54) is 36.8 Å². The zero-order chi connectivity index (χ0) is 20.8. The molecule has 1 aromatic carbocycles. The third kappa shape index (κ3) is 6.28. The van der Waals surface area contributed by atoms with Crippen molar-refractivity contribution >= 4 is 29.9 Å². The molecule has 0 spiro atoms. The van der Waals surface area contributed by atoms with Crippen LogP contribution in [0.4, 0.5) is 0 Å². The summed E-state index contributed by atoms with van der Waals surface area (Å²) in [5, 5.41) is 19.8. The number of hydrogen-bond donors (Lipinski definition) is 2. The zero-order valence-electron chi connectivity index (χ0n) is 18.2. The Morgan fingerprint density at radius 2 is 1.90 bits per heavy atom. The lowest BCUT2D eigenvalue weighted by molar-refractivity contribution is 0.606. The summed E-state index contributed by atoms with van der Waals surface area (Å²) in [4.78, 5) is 4.91. The SMILES string of the molecule is Cc1nnc(CNC(=NCc2ccccc2Cn2cccn2)NC2CCCC2)n1C.I. The van der Waals surface area contributed by atoms with Crippen molar-refractivity contribution in [3.8, 4) is 0 Å². The van der Waals surface area contributed by atoms with Crippen LogP contribution in [0.1, 0.15) is 48.5 Å². The van der Waals surface area contributed by atoms with Crippen LogP contribution in [0.25, 0.3) is 0 Å². The Morgan fingerprint density at radius 1 is 1.13 bits per heavy atom. The van der Waals surface area contributed by atoms with Gasteiger partial charge in [0.2, 0.25) is 0 Å². The van der Waals surface area contributed by atoms with Crippen molar-refractivity contribution in [3.63, 3.8) is 0 Å². The standard InChI is InChI=1S/C22H30N8.HI/c1-17-27-28-21(29(17)2)15-24-22(26-20-10-5-6-11-20)23-14-18-8-3-4-9-19(18)16-30-13-7-12-25-30;/h3-4,7-9,12-13,20H,5-6,10-11,14-16H2,1-2H3,(H2,23,24,26);1H. The molecule has 0 unspecified atom stereocenters. The van der Waals surface area contributed by atoms with Crippen molar-refractivity contribution in [3.05, 3.63) is 65.5 Å². The minimum atomic E-state index is 0. The number of benzene rings is 1. The topological polar surface area (TPSA) is 85.0 Å². The number of aryl methyl sites for hydroxylation is 1. The summed E-state index contributed by atoms with van der Waals surface area (Å²) in [7, 11) is 1.99. The minimum absolute atomic E-state index is 0. The van der Waals surface area contributed by atoms with Gasteiger partial charge < -0.3 is 15.2 Å². The molecule has 166 valence electrons. The normalized spacial score (nSPS) is 14.5. The molecular weight excluding hydrogens is 503 g/mol. The molecule has 0 amide bonds. The molecule has 2 N–H and O–H groups in total. The molecule has 1 aliphatic carbocycles. The second-order valence-electron chi connectivity index (χ2n) is 7.84. The molecule has 9 heteroatoms.